The summed E-state index contributed by atoms with van der Waals surface area (Å²) in [6, 6.07) is 6.02. The number of amides is 1. The Morgan fingerprint density at radius 3 is 2.74 bits per heavy atom. The van der Waals surface area contributed by atoms with E-state index in [0.717, 1.165) is 0 Å². The summed E-state index contributed by atoms with van der Waals surface area (Å²) in [7, 11) is 0. The highest BCUT2D eigenvalue weighted by molar-refractivity contribution is 6.34. The Balaban J connectivity index is 3.01. The molecule has 0 saturated heterocycles. The lowest BCUT2D eigenvalue weighted by Gasteiger charge is -2.16. The molecule has 0 bridgehead atoms. The van der Waals surface area contributed by atoms with Gasteiger partial charge in [-0.15, -0.1) is 0 Å². The molecule has 0 radical (unpaired) electrons. The summed E-state index contributed by atoms with van der Waals surface area (Å²) in [6.07, 6.45) is 0. The molecule has 7 heteroatoms. The van der Waals surface area contributed by atoms with Gasteiger partial charge in [0.2, 0.25) is 0 Å². The van der Waals surface area contributed by atoms with Crippen LogP contribution in [0.25, 0.3) is 0 Å². The number of hydrogen-bond donors (Lipinski definition) is 1. The predicted molar refractivity (Wildman–Crippen MR) is 69.8 cm³/mol. The normalized spacial score (nSPS) is 10.6. The van der Waals surface area contributed by atoms with Crippen LogP contribution in [0.5, 0.6) is 0 Å². The molecular formula is C12H12ClN3O3. The van der Waals surface area contributed by atoms with E-state index in [1.54, 1.807) is 13.8 Å². The second-order valence-electron chi connectivity index (χ2n) is 4.57. The third-order valence-electron chi connectivity index (χ3n) is 2.41. The molecule has 0 heterocycles. The van der Waals surface area contributed by atoms with E-state index in [1.165, 1.54) is 18.2 Å². The molecule has 1 amide bonds. The van der Waals surface area contributed by atoms with E-state index in [1.807, 2.05) is 6.07 Å². The van der Waals surface area contributed by atoms with Crippen molar-refractivity contribution in [3.63, 3.8) is 0 Å². The Morgan fingerprint density at radius 2 is 2.21 bits per heavy atom. The lowest BCUT2D eigenvalue weighted by Crippen LogP contribution is -2.33. The first-order valence-corrected chi connectivity index (χ1v) is 5.78. The van der Waals surface area contributed by atoms with E-state index in [2.05, 4.69) is 5.32 Å². The van der Waals surface area contributed by atoms with Gasteiger partial charge in [0, 0.05) is 12.6 Å². The Bertz CT molecular complexity index is 564. The molecule has 1 aromatic rings. The highest BCUT2D eigenvalue weighted by atomic mass is 35.5. The van der Waals surface area contributed by atoms with E-state index in [4.69, 9.17) is 16.9 Å². The van der Waals surface area contributed by atoms with Crippen molar-refractivity contribution < 1.29 is 9.72 Å². The predicted octanol–water partition coefficient (Wildman–Crippen LogP) is 2.53. The van der Waals surface area contributed by atoms with Gasteiger partial charge >= 0.3 is 0 Å². The van der Waals surface area contributed by atoms with Crippen LogP contribution in [-0.4, -0.2) is 17.4 Å². The molecule has 0 aliphatic carbocycles. The Kier molecular flexibility index (Phi) is 4.46. The molecule has 100 valence electrons. The molecule has 0 aliphatic rings. The molecular weight excluding hydrogens is 270 g/mol. The van der Waals surface area contributed by atoms with Crippen LogP contribution in [0.4, 0.5) is 5.69 Å². The summed E-state index contributed by atoms with van der Waals surface area (Å²) in [6.45, 7) is 3.37. The standard InChI is InChI=1S/C12H12ClN3O3/c1-12(2,6-14)7-15-11(17)10-8(13)4-3-5-9(10)16(18)19/h3-5H,7H2,1-2H3,(H,15,17). The van der Waals surface area contributed by atoms with Gasteiger partial charge in [-0.25, -0.2) is 0 Å². The van der Waals surface area contributed by atoms with Crippen molar-refractivity contribution in [3.8, 4) is 6.07 Å². The van der Waals surface area contributed by atoms with E-state index in [9.17, 15) is 14.9 Å². The van der Waals surface area contributed by atoms with Crippen molar-refractivity contribution >= 4 is 23.2 Å². The van der Waals surface area contributed by atoms with Gasteiger partial charge in [-0.1, -0.05) is 17.7 Å². The Hall–Kier alpha value is -2.13. The van der Waals surface area contributed by atoms with Gasteiger partial charge in [0.15, 0.2) is 0 Å². The summed E-state index contributed by atoms with van der Waals surface area (Å²) in [4.78, 5) is 22.1. The first kappa shape index (κ1) is 14.9. The van der Waals surface area contributed by atoms with Gasteiger partial charge in [0.25, 0.3) is 11.6 Å². The van der Waals surface area contributed by atoms with Gasteiger partial charge < -0.3 is 5.32 Å². The lowest BCUT2D eigenvalue weighted by atomic mass is 9.96. The molecule has 0 unspecified atom stereocenters. The number of nitrogens with one attached hydrogen (secondary N) is 1. The number of nitro benzene ring substituents is 1. The van der Waals surface area contributed by atoms with Gasteiger partial charge in [0.1, 0.15) is 5.56 Å². The molecule has 1 aromatic carbocycles. The van der Waals surface area contributed by atoms with Crippen molar-refractivity contribution in [2.24, 2.45) is 5.41 Å². The molecule has 1 N–H and O–H groups in total. The average Bonchev–Trinajstić information content (AvgIpc) is 2.35. The average molecular weight is 282 g/mol. The second kappa shape index (κ2) is 5.67. The van der Waals surface area contributed by atoms with Crippen molar-refractivity contribution in [2.45, 2.75) is 13.8 Å². The van der Waals surface area contributed by atoms with Crippen LogP contribution in [-0.2, 0) is 0 Å². The molecule has 0 aromatic heterocycles. The maximum Gasteiger partial charge on any atom is 0.283 e. The number of nitro groups is 1. The molecule has 0 spiro atoms. The van der Waals surface area contributed by atoms with Crippen LogP contribution in [0.1, 0.15) is 24.2 Å². The molecule has 6 nitrogen and oxygen atoms in total. The SMILES string of the molecule is CC(C)(C#N)CNC(=O)c1c(Cl)cccc1[N+](=O)[O-]. The molecule has 19 heavy (non-hydrogen) atoms. The largest absolute Gasteiger partial charge is 0.350 e. The van der Waals surface area contributed by atoms with Crippen LogP contribution in [0.15, 0.2) is 18.2 Å². The summed E-state index contributed by atoms with van der Waals surface area (Å²) in [5.74, 6) is -0.666. The van der Waals surface area contributed by atoms with Crippen molar-refractivity contribution in [1.29, 1.82) is 5.26 Å². The monoisotopic (exact) mass is 281 g/mol. The fourth-order valence-electron chi connectivity index (χ4n) is 1.32. The number of nitrogens with zero attached hydrogens (tertiary/aromatic N) is 2. The van der Waals surface area contributed by atoms with Crippen molar-refractivity contribution in [3.05, 3.63) is 38.9 Å². The van der Waals surface area contributed by atoms with Gasteiger partial charge in [-0.05, 0) is 19.9 Å². The minimum atomic E-state index is -0.758. The maximum atomic E-state index is 11.9. The fourth-order valence-corrected chi connectivity index (χ4v) is 1.57. The van der Waals surface area contributed by atoms with E-state index >= 15 is 0 Å². The first-order valence-electron chi connectivity index (χ1n) is 5.41. The van der Waals surface area contributed by atoms with Gasteiger partial charge in [0.05, 0.1) is 21.4 Å². The zero-order valence-electron chi connectivity index (χ0n) is 10.4. The van der Waals surface area contributed by atoms with Gasteiger partial charge in [-0.3, -0.25) is 14.9 Å². The zero-order valence-corrected chi connectivity index (χ0v) is 11.2. The zero-order chi connectivity index (χ0) is 14.6. The highest BCUT2D eigenvalue weighted by Gasteiger charge is 2.25. The maximum absolute atomic E-state index is 11.9. The number of hydrogen-bond acceptors (Lipinski definition) is 4. The van der Waals surface area contributed by atoms with Crippen LogP contribution in [0.3, 0.4) is 0 Å². The first-order chi connectivity index (χ1) is 8.78. The van der Waals surface area contributed by atoms with Crippen molar-refractivity contribution in [2.75, 3.05) is 6.54 Å². The van der Waals surface area contributed by atoms with Crippen molar-refractivity contribution in [1.82, 2.24) is 5.32 Å². The molecule has 0 fully saturated rings. The number of halogens is 1. The van der Waals surface area contributed by atoms with E-state index < -0.39 is 16.2 Å². The molecule has 1 rings (SSSR count). The highest BCUT2D eigenvalue weighted by Crippen LogP contribution is 2.26. The quantitative estimate of drug-likeness (QED) is 0.677. The molecule has 0 saturated carbocycles. The summed E-state index contributed by atoms with van der Waals surface area (Å²) < 4.78 is 0. The second-order valence-corrected chi connectivity index (χ2v) is 4.98. The number of carbonyl (C=O) groups is 1. The molecule has 0 aliphatic heterocycles. The Labute approximate surface area is 115 Å². The number of carbonyl (C=O) groups excluding carboxylic acids is 1. The third-order valence-corrected chi connectivity index (χ3v) is 2.72. The number of benzene rings is 1. The lowest BCUT2D eigenvalue weighted by molar-refractivity contribution is -0.385. The van der Waals surface area contributed by atoms with Crippen LogP contribution in [0.2, 0.25) is 5.02 Å². The van der Waals surface area contributed by atoms with Gasteiger partial charge in [-0.2, -0.15) is 5.26 Å². The van der Waals surface area contributed by atoms with E-state index in [0.29, 0.717) is 0 Å². The topological polar surface area (TPSA) is 96.0 Å². The van der Waals surface area contributed by atoms with Crippen LogP contribution in [0, 0.1) is 26.9 Å². The van der Waals surface area contributed by atoms with E-state index in [-0.39, 0.29) is 22.8 Å². The smallest absolute Gasteiger partial charge is 0.283 e. The Morgan fingerprint density at radius 1 is 1.58 bits per heavy atom. The summed E-state index contributed by atoms with van der Waals surface area (Å²) in [5.41, 5.74) is -1.31. The number of nitriles is 1. The minimum Gasteiger partial charge on any atom is -0.350 e. The van der Waals surface area contributed by atoms with Crippen LogP contribution < -0.4 is 5.32 Å². The summed E-state index contributed by atoms with van der Waals surface area (Å²) in [5, 5.41) is 22.2. The fraction of sp³-hybridized carbons (Fsp3) is 0.333. The minimum absolute atomic E-state index is 0.00136. The van der Waals surface area contributed by atoms with Crippen LogP contribution >= 0.6 is 11.6 Å². The molecule has 0 atom stereocenters. The third kappa shape index (κ3) is 3.66. The summed E-state index contributed by atoms with van der Waals surface area (Å²) >= 11 is 5.82. The number of rotatable bonds is 4.